The topological polar surface area (TPSA) is 48.2 Å². The first-order valence-electron chi connectivity index (χ1n) is 9.86. The molecular weight excluding hydrogens is 475 g/mol. The van der Waals surface area contributed by atoms with Crippen LogP contribution in [0.4, 0.5) is 12.9 Å². The summed E-state index contributed by atoms with van der Waals surface area (Å²) in [6, 6.07) is 17.3. The number of benzene rings is 3. The highest BCUT2D eigenvalue weighted by atomic mass is 35.5. The predicted octanol–water partition coefficient (Wildman–Crippen LogP) is 6.77. The number of hydrogen-bond donors (Lipinski definition) is 0. The van der Waals surface area contributed by atoms with Gasteiger partial charge >= 0.3 is 6.98 Å². The minimum absolute atomic E-state index is 0.161. The Morgan fingerprint density at radius 1 is 0.909 bits per heavy atom. The molecule has 0 aliphatic carbocycles. The van der Waals surface area contributed by atoms with E-state index in [4.69, 9.17) is 32.5 Å². The first kappa shape index (κ1) is 21.6. The molecule has 0 radical (unpaired) electrons. The van der Waals surface area contributed by atoms with Gasteiger partial charge in [-0.25, -0.2) is 0 Å². The van der Waals surface area contributed by atoms with Gasteiger partial charge in [-0.1, -0.05) is 83.0 Å². The van der Waals surface area contributed by atoms with Gasteiger partial charge in [0.1, 0.15) is 5.75 Å². The summed E-state index contributed by atoms with van der Waals surface area (Å²) < 4.78 is 50.5. The van der Waals surface area contributed by atoms with Crippen molar-refractivity contribution >= 4 is 47.3 Å². The minimum Gasteiger partial charge on any atom is -0.479 e. The fourth-order valence-corrected chi connectivity index (χ4v) is 4.15. The molecule has 1 atom stereocenters. The third kappa shape index (κ3) is 4.24. The molecule has 1 aliphatic heterocycles. The molecule has 1 unspecified atom stereocenters. The van der Waals surface area contributed by atoms with Crippen LogP contribution in [0.25, 0.3) is 23.0 Å². The fourth-order valence-electron chi connectivity index (χ4n) is 3.59. The largest absolute Gasteiger partial charge is 0.509 e. The molecule has 5 rings (SSSR count). The molecule has 0 fully saturated rings. The van der Waals surface area contributed by atoms with Crippen molar-refractivity contribution in [3.05, 3.63) is 93.8 Å². The van der Waals surface area contributed by atoms with Crippen LogP contribution >= 0.6 is 23.2 Å². The molecule has 0 spiro atoms. The summed E-state index contributed by atoms with van der Waals surface area (Å²) in [6.07, 6.45) is 1.21. The van der Waals surface area contributed by atoms with Crippen LogP contribution in [0.1, 0.15) is 23.1 Å². The number of hydrogen-bond acceptors (Lipinski definition) is 4. The van der Waals surface area contributed by atoms with E-state index in [1.807, 2.05) is 30.3 Å². The van der Waals surface area contributed by atoms with Crippen LogP contribution in [0.3, 0.4) is 0 Å². The van der Waals surface area contributed by atoms with E-state index in [1.54, 1.807) is 18.2 Å². The summed E-state index contributed by atoms with van der Waals surface area (Å²) in [5.74, 6) is 0.807. The first-order valence-corrected chi connectivity index (χ1v) is 10.6. The second kappa shape index (κ2) is 8.28. The lowest BCUT2D eigenvalue weighted by Crippen LogP contribution is -2.33. The van der Waals surface area contributed by atoms with E-state index in [9.17, 15) is 12.9 Å². The number of nitrogens with zero attached hydrogens (tertiary/aromatic N) is 2. The average molecular weight is 488 g/mol. The molecule has 0 saturated carbocycles. The van der Waals surface area contributed by atoms with Crippen LogP contribution in [0.2, 0.25) is 10.0 Å². The second-order valence-corrected chi connectivity index (χ2v) is 8.28. The average Bonchev–Trinajstić information content (AvgIpc) is 3.28. The maximum Gasteiger partial charge on any atom is 0.509 e. The molecule has 4 aromatic rings. The Hall–Kier alpha value is -3.23. The summed E-state index contributed by atoms with van der Waals surface area (Å²) in [4.78, 5) is 4.42. The number of rotatable bonds is 4. The number of halogens is 5. The predicted molar refractivity (Wildman–Crippen MR) is 123 cm³/mol. The maximum absolute atomic E-state index is 12.9. The Labute approximate surface area is 196 Å². The van der Waals surface area contributed by atoms with Gasteiger partial charge in [0.15, 0.2) is 6.10 Å². The van der Waals surface area contributed by atoms with Gasteiger partial charge in [0.05, 0.1) is 10.6 Å². The summed E-state index contributed by atoms with van der Waals surface area (Å²) in [5.41, 5.74) is 1.75. The highest BCUT2D eigenvalue weighted by molar-refractivity contribution is 6.73. The van der Waals surface area contributed by atoms with Gasteiger partial charge in [0, 0.05) is 16.1 Å². The Morgan fingerprint density at radius 3 is 2.33 bits per heavy atom. The maximum atomic E-state index is 12.9. The van der Waals surface area contributed by atoms with Gasteiger partial charge in [0.2, 0.25) is 5.82 Å². The minimum atomic E-state index is -5.08. The smallest absolute Gasteiger partial charge is 0.479 e. The SMILES string of the molecule is F[B-](F)(F)c1ccc(-c2noc(C3=Cc4cc(Cl)cc(Cl)c4OC3c3ccccc3)n2)cc1. The van der Waals surface area contributed by atoms with E-state index in [0.29, 0.717) is 32.5 Å². The van der Waals surface area contributed by atoms with Crippen LogP contribution in [-0.2, 0) is 0 Å². The van der Waals surface area contributed by atoms with Crippen LogP contribution < -0.4 is 10.2 Å². The Morgan fingerprint density at radius 2 is 1.64 bits per heavy atom. The van der Waals surface area contributed by atoms with Crippen molar-refractivity contribution in [1.29, 1.82) is 0 Å². The van der Waals surface area contributed by atoms with Crippen molar-refractivity contribution in [3.8, 4) is 17.1 Å². The molecule has 1 aliphatic rings. The highest BCUT2D eigenvalue weighted by Crippen LogP contribution is 2.45. The molecular formula is C23H13BCl2F3N2O2-. The van der Waals surface area contributed by atoms with Crippen molar-refractivity contribution < 1.29 is 22.2 Å². The van der Waals surface area contributed by atoms with E-state index in [-0.39, 0.29) is 11.7 Å². The lowest BCUT2D eigenvalue weighted by molar-refractivity contribution is 0.255. The van der Waals surface area contributed by atoms with Gasteiger partial charge < -0.3 is 22.2 Å². The van der Waals surface area contributed by atoms with Gasteiger partial charge in [0.25, 0.3) is 5.89 Å². The highest BCUT2D eigenvalue weighted by Gasteiger charge is 2.31. The van der Waals surface area contributed by atoms with Crippen molar-refractivity contribution in [1.82, 2.24) is 10.1 Å². The molecule has 4 nitrogen and oxygen atoms in total. The van der Waals surface area contributed by atoms with Gasteiger partial charge in [-0.3, -0.25) is 0 Å². The van der Waals surface area contributed by atoms with E-state index in [0.717, 1.165) is 17.7 Å². The van der Waals surface area contributed by atoms with Crippen molar-refractivity contribution in [2.45, 2.75) is 6.10 Å². The zero-order chi connectivity index (χ0) is 23.2. The van der Waals surface area contributed by atoms with Gasteiger partial charge in [-0.05, 0) is 23.8 Å². The fraction of sp³-hybridized carbons (Fsp3) is 0.0435. The molecule has 10 heteroatoms. The molecule has 1 aromatic heterocycles. The van der Waals surface area contributed by atoms with Crippen molar-refractivity contribution in [3.63, 3.8) is 0 Å². The molecule has 0 bridgehead atoms. The zero-order valence-corrected chi connectivity index (χ0v) is 18.2. The second-order valence-electron chi connectivity index (χ2n) is 7.43. The van der Waals surface area contributed by atoms with Gasteiger partial charge in [-0.15, -0.1) is 5.46 Å². The molecule has 0 N–H and O–H groups in total. The zero-order valence-electron chi connectivity index (χ0n) is 16.7. The van der Waals surface area contributed by atoms with Crippen LogP contribution in [0.5, 0.6) is 5.75 Å². The standard InChI is InChI=1S/C23H13BCl2F3N2O2/c25-17-10-15-11-18(20(13-4-2-1-3-5-13)32-21(15)19(26)12-17)23-30-22(31-33-23)14-6-8-16(9-7-14)24(27,28)29/h1-12,20H/q-1. The molecule has 166 valence electrons. The summed E-state index contributed by atoms with van der Waals surface area (Å²) in [6.45, 7) is -5.08. The van der Waals surface area contributed by atoms with Crippen LogP contribution in [-0.4, -0.2) is 17.1 Å². The third-order valence-corrected chi connectivity index (χ3v) is 5.69. The van der Waals surface area contributed by atoms with Gasteiger partial charge in [-0.2, -0.15) is 4.98 Å². The van der Waals surface area contributed by atoms with E-state index in [2.05, 4.69) is 10.1 Å². The Balaban J connectivity index is 1.57. The molecule has 2 heterocycles. The number of ether oxygens (including phenoxy) is 1. The molecule has 33 heavy (non-hydrogen) atoms. The number of aromatic nitrogens is 2. The quantitative estimate of drug-likeness (QED) is 0.298. The Kier molecular flexibility index (Phi) is 5.42. The normalized spacial score (nSPS) is 15.5. The molecule has 0 saturated heterocycles. The molecule has 0 amide bonds. The van der Waals surface area contributed by atoms with Crippen molar-refractivity contribution in [2.24, 2.45) is 0 Å². The monoisotopic (exact) mass is 487 g/mol. The van der Waals surface area contributed by atoms with Crippen LogP contribution in [0, 0.1) is 0 Å². The summed E-state index contributed by atoms with van der Waals surface area (Å²) in [5, 5.41) is 4.77. The molecule has 3 aromatic carbocycles. The van der Waals surface area contributed by atoms with E-state index >= 15 is 0 Å². The van der Waals surface area contributed by atoms with Crippen LogP contribution in [0.15, 0.2) is 71.3 Å². The lowest BCUT2D eigenvalue weighted by atomic mass is 9.80. The number of fused-ring (bicyclic) bond motifs is 1. The summed E-state index contributed by atoms with van der Waals surface area (Å²) >= 11 is 12.5. The first-order chi connectivity index (χ1) is 15.8. The summed E-state index contributed by atoms with van der Waals surface area (Å²) in [7, 11) is 0. The third-order valence-electron chi connectivity index (χ3n) is 5.19. The van der Waals surface area contributed by atoms with E-state index in [1.165, 1.54) is 12.1 Å². The Bertz CT molecular complexity index is 1360. The lowest BCUT2D eigenvalue weighted by Gasteiger charge is -2.27. The van der Waals surface area contributed by atoms with E-state index < -0.39 is 18.5 Å². The van der Waals surface area contributed by atoms with Crippen molar-refractivity contribution in [2.75, 3.05) is 0 Å².